The molecule has 1 amide bonds. The van der Waals surface area contributed by atoms with Crippen LogP contribution in [0.2, 0.25) is 0 Å². The number of ketones is 1. The Morgan fingerprint density at radius 1 is 1.09 bits per heavy atom. The minimum Gasteiger partial charge on any atom is -0.507 e. The van der Waals surface area contributed by atoms with Crippen molar-refractivity contribution in [1.29, 1.82) is 0 Å². The standard InChI is InChI=1S/C26H32N2O5/c1-16(2)20-15-18(9-12-21(20)33-6)24(29)22-23(17-7-10-19(11-8-17)27(3)4)28(13-14-32-5)26(31)25(22)30/h7-12,15-16,23,29H,13-14H2,1-6H3/b24-22-. The lowest BCUT2D eigenvalue weighted by molar-refractivity contribution is -0.140. The molecule has 1 aliphatic heterocycles. The average molecular weight is 453 g/mol. The van der Waals surface area contributed by atoms with Crippen LogP contribution in [0.1, 0.15) is 42.5 Å². The van der Waals surface area contributed by atoms with E-state index in [1.165, 1.54) is 4.90 Å². The summed E-state index contributed by atoms with van der Waals surface area (Å²) in [6.45, 7) is 4.56. The van der Waals surface area contributed by atoms with Crippen molar-refractivity contribution < 1.29 is 24.2 Å². The van der Waals surface area contributed by atoms with Gasteiger partial charge in [-0.25, -0.2) is 0 Å². The molecule has 7 nitrogen and oxygen atoms in total. The van der Waals surface area contributed by atoms with Crippen LogP contribution >= 0.6 is 0 Å². The number of amides is 1. The SMILES string of the molecule is COCCN1C(=O)C(=O)/C(=C(\O)c2ccc(OC)c(C(C)C)c2)C1c1ccc(N(C)C)cc1. The van der Waals surface area contributed by atoms with Crippen LogP contribution in [0.5, 0.6) is 5.75 Å². The van der Waals surface area contributed by atoms with Crippen LogP contribution < -0.4 is 9.64 Å². The van der Waals surface area contributed by atoms with Crippen molar-refractivity contribution in [3.05, 3.63) is 64.7 Å². The second-order valence-corrected chi connectivity index (χ2v) is 8.58. The number of aliphatic hydroxyl groups is 1. The van der Waals surface area contributed by atoms with E-state index < -0.39 is 17.7 Å². The maximum absolute atomic E-state index is 13.1. The Labute approximate surface area is 195 Å². The molecular formula is C26H32N2O5. The molecule has 1 unspecified atom stereocenters. The zero-order chi connectivity index (χ0) is 24.3. The van der Waals surface area contributed by atoms with Crippen molar-refractivity contribution in [2.75, 3.05) is 46.4 Å². The second-order valence-electron chi connectivity index (χ2n) is 8.58. The molecule has 0 spiro atoms. The molecule has 1 aliphatic rings. The van der Waals surface area contributed by atoms with Gasteiger partial charge in [0, 0.05) is 39.0 Å². The summed E-state index contributed by atoms with van der Waals surface area (Å²) in [4.78, 5) is 29.5. The molecule has 3 rings (SSSR count). The van der Waals surface area contributed by atoms with Crippen LogP contribution in [0.4, 0.5) is 5.69 Å². The quantitative estimate of drug-likeness (QED) is 0.371. The van der Waals surface area contributed by atoms with Gasteiger partial charge in [0.1, 0.15) is 11.5 Å². The molecule has 0 saturated carbocycles. The smallest absolute Gasteiger partial charge is 0.295 e. The number of anilines is 1. The van der Waals surface area contributed by atoms with E-state index in [0.29, 0.717) is 11.3 Å². The number of carbonyl (C=O) groups excluding carboxylic acids is 2. The molecule has 1 N–H and O–H groups in total. The first-order chi connectivity index (χ1) is 15.7. The number of benzene rings is 2. The molecule has 7 heteroatoms. The number of ether oxygens (including phenoxy) is 2. The highest BCUT2D eigenvalue weighted by Gasteiger charge is 2.45. The minimum atomic E-state index is -0.707. The van der Waals surface area contributed by atoms with Gasteiger partial charge in [0.15, 0.2) is 0 Å². The molecular weight excluding hydrogens is 420 g/mol. The fourth-order valence-corrected chi connectivity index (χ4v) is 4.09. The monoisotopic (exact) mass is 452 g/mol. The second kappa shape index (κ2) is 10.1. The highest BCUT2D eigenvalue weighted by Crippen LogP contribution is 2.40. The van der Waals surface area contributed by atoms with Crippen molar-refractivity contribution >= 4 is 23.1 Å². The van der Waals surface area contributed by atoms with Crippen LogP contribution in [0.3, 0.4) is 0 Å². The van der Waals surface area contributed by atoms with Crippen LogP contribution in [-0.2, 0) is 14.3 Å². The lowest BCUT2D eigenvalue weighted by Gasteiger charge is -2.25. The zero-order valence-corrected chi connectivity index (χ0v) is 20.1. The summed E-state index contributed by atoms with van der Waals surface area (Å²) in [5, 5.41) is 11.3. The van der Waals surface area contributed by atoms with Gasteiger partial charge in [-0.15, -0.1) is 0 Å². The number of aliphatic hydroxyl groups excluding tert-OH is 1. The molecule has 1 fully saturated rings. The predicted molar refractivity (Wildman–Crippen MR) is 129 cm³/mol. The molecule has 0 bridgehead atoms. The summed E-state index contributed by atoms with van der Waals surface area (Å²) in [5.74, 6) is -0.691. The minimum absolute atomic E-state index is 0.0774. The van der Waals surface area contributed by atoms with E-state index in [4.69, 9.17) is 9.47 Å². The third-order valence-electron chi connectivity index (χ3n) is 5.93. The van der Waals surface area contributed by atoms with Crippen LogP contribution in [0.15, 0.2) is 48.0 Å². The molecule has 0 radical (unpaired) electrons. The lowest BCUT2D eigenvalue weighted by Crippen LogP contribution is -2.32. The highest BCUT2D eigenvalue weighted by atomic mass is 16.5. The van der Waals surface area contributed by atoms with Crippen LogP contribution in [0, 0.1) is 0 Å². The van der Waals surface area contributed by atoms with E-state index in [-0.39, 0.29) is 30.4 Å². The van der Waals surface area contributed by atoms with Gasteiger partial charge >= 0.3 is 0 Å². The van der Waals surface area contributed by atoms with Gasteiger partial charge in [-0.05, 0) is 47.4 Å². The van der Waals surface area contributed by atoms with E-state index in [1.54, 1.807) is 26.4 Å². The predicted octanol–water partition coefficient (Wildman–Crippen LogP) is 3.95. The highest BCUT2D eigenvalue weighted by molar-refractivity contribution is 6.46. The average Bonchev–Trinajstić information content (AvgIpc) is 3.06. The van der Waals surface area contributed by atoms with Gasteiger partial charge in [-0.3, -0.25) is 9.59 Å². The first kappa shape index (κ1) is 24.3. The number of carbonyl (C=O) groups is 2. The number of hydrogen-bond acceptors (Lipinski definition) is 6. The van der Waals surface area contributed by atoms with Gasteiger partial charge in [0.25, 0.3) is 11.7 Å². The zero-order valence-electron chi connectivity index (χ0n) is 20.1. The molecule has 0 aromatic heterocycles. The third-order valence-corrected chi connectivity index (χ3v) is 5.93. The number of Topliss-reactive ketones (excluding diaryl/α,β-unsaturated/α-hetero) is 1. The molecule has 1 saturated heterocycles. The molecule has 0 aliphatic carbocycles. The summed E-state index contributed by atoms with van der Waals surface area (Å²) in [6, 6.07) is 12.2. The maximum Gasteiger partial charge on any atom is 0.295 e. The van der Waals surface area contributed by atoms with Gasteiger partial charge in [0.2, 0.25) is 0 Å². The first-order valence-corrected chi connectivity index (χ1v) is 10.9. The molecule has 1 heterocycles. The van der Waals surface area contributed by atoms with E-state index >= 15 is 0 Å². The topological polar surface area (TPSA) is 79.3 Å². The summed E-state index contributed by atoms with van der Waals surface area (Å²) in [7, 11) is 7.02. The summed E-state index contributed by atoms with van der Waals surface area (Å²) >= 11 is 0. The normalized spacial score (nSPS) is 17.7. The maximum atomic E-state index is 13.1. The first-order valence-electron chi connectivity index (χ1n) is 10.9. The lowest BCUT2D eigenvalue weighted by atomic mass is 9.93. The number of rotatable bonds is 8. The van der Waals surface area contributed by atoms with E-state index in [9.17, 15) is 14.7 Å². The van der Waals surface area contributed by atoms with Crippen molar-refractivity contribution in [2.45, 2.75) is 25.8 Å². The Balaban J connectivity index is 2.17. The largest absolute Gasteiger partial charge is 0.507 e. The number of hydrogen-bond donors (Lipinski definition) is 1. The Kier molecular flexibility index (Phi) is 7.43. The molecule has 1 atom stereocenters. The van der Waals surface area contributed by atoms with Crippen LogP contribution in [-0.4, -0.2) is 63.2 Å². The van der Waals surface area contributed by atoms with Gasteiger partial charge < -0.3 is 24.4 Å². The van der Waals surface area contributed by atoms with E-state index in [2.05, 4.69) is 0 Å². The van der Waals surface area contributed by atoms with Crippen molar-refractivity contribution in [3.8, 4) is 5.75 Å². The molecule has 2 aromatic rings. The number of methoxy groups -OCH3 is 2. The van der Waals surface area contributed by atoms with Gasteiger partial charge in [-0.1, -0.05) is 26.0 Å². The Hall–Kier alpha value is -3.32. The van der Waals surface area contributed by atoms with E-state index in [1.807, 2.05) is 63.2 Å². The Morgan fingerprint density at radius 2 is 1.76 bits per heavy atom. The Morgan fingerprint density at radius 3 is 2.30 bits per heavy atom. The summed E-state index contributed by atoms with van der Waals surface area (Å²) < 4.78 is 10.6. The Bertz CT molecular complexity index is 1060. The van der Waals surface area contributed by atoms with Crippen molar-refractivity contribution in [1.82, 2.24) is 4.90 Å². The number of nitrogens with zero attached hydrogens (tertiary/aromatic N) is 2. The van der Waals surface area contributed by atoms with Crippen molar-refractivity contribution in [2.24, 2.45) is 0 Å². The summed E-state index contributed by atoms with van der Waals surface area (Å²) in [5.41, 5.74) is 3.19. The van der Waals surface area contributed by atoms with Gasteiger partial charge in [0.05, 0.1) is 25.3 Å². The summed E-state index contributed by atoms with van der Waals surface area (Å²) in [6.07, 6.45) is 0. The fourth-order valence-electron chi connectivity index (χ4n) is 4.09. The molecule has 176 valence electrons. The molecule has 2 aromatic carbocycles. The fraction of sp³-hybridized carbons (Fsp3) is 0.385. The van der Waals surface area contributed by atoms with Crippen LogP contribution in [0.25, 0.3) is 5.76 Å². The molecule has 33 heavy (non-hydrogen) atoms. The van der Waals surface area contributed by atoms with Gasteiger partial charge in [-0.2, -0.15) is 0 Å². The van der Waals surface area contributed by atoms with E-state index in [0.717, 1.165) is 16.8 Å². The van der Waals surface area contributed by atoms with Crippen molar-refractivity contribution in [3.63, 3.8) is 0 Å². The number of likely N-dealkylation sites (tertiary alicyclic amines) is 1. The third kappa shape index (κ3) is 4.73.